The van der Waals surface area contributed by atoms with Crippen molar-refractivity contribution in [3.63, 3.8) is 0 Å². The number of likely N-dealkylation sites (N-methyl/N-ethyl adjacent to an activating group) is 1. The quantitative estimate of drug-likeness (QED) is 0.926. The van der Waals surface area contributed by atoms with Crippen LogP contribution in [0, 0.1) is 5.82 Å². The molecule has 1 N–H and O–H groups in total. The van der Waals surface area contributed by atoms with Gasteiger partial charge in [-0.15, -0.1) is 0 Å². The van der Waals surface area contributed by atoms with Gasteiger partial charge >= 0.3 is 0 Å². The Kier molecular flexibility index (Phi) is 3.85. The summed E-state index contributed by atoms with van der Waals surface area (Å²) in [5, 5.41) is 0. The van der Waals surface area contributed by atoms with Crippen LogP contribution in [0.1, 0.15) is 17.4 Å². The predicted octanol–water partition coefficient (Wildman–Crippen LogP) is 1.90. The van der Waals surface area contributed by atoms with Crippen molar-refractivity contribution in [2.45, 2.75) is 18.4 Å². The highest BCUT2D eigenvalue weighted by Gasteiger charge is 2.27. The van der Waals surface area contributed by atoms with Crippen molar-refractivity contribution in [3.8, 4) is 0 Å². The van der Waals surface area contributed by atoms with Crippen LogP contribution in [-0.4, -0.2) is 36.9 Å². The van der Waals surface area contributed by atoms with E-state index in [4.69, 9.17) is 0 Å². The van der Waals surface area contributed by atoms with Crippen LogP contribution in [0.3, 0.4) is 0 Å². The fraction of sp³-hybridized carbons (Fsp3) is 0.267. The number of anilines is 1. The maximum atomic E-state index is 13.2. The Morgan fingerprint density at radius 1 is 1.26 bits per heavy atom. The van der Waals surface area contributed by atoms with Crippen LogP contribution >= 0.6 is 0 Å². The molecule has 0 saturated carbocycles. The summed E-state index contributed by atoms with van der Waals surface area (Å²) in [5.74, 6) is -0.721. The first kappa shape index (κ1) is 15.5. The molecule has 23 heavy (non-hydrogen) atoms. The fourth-order valence-corrected chi connectivity index (χ4v) is 3.64. The van der Waals surface area contributed by atoms with Crippen molar-refractivity contribution in [1.82, 2.24) is 9.47 Å². The van der Waals surface area contributed by atoms with Crippen molar-refractivity contribution in [1.29, 1.82) is 0 Å². The van der Waals surface area contributed by atoms with Gasteiger partial charge in [-0.25, -0.2) is 12.8 Å². The number of aromatic nitrogens is 1. The Labute approximate surface area is 133 Å². The molecule has 0 aliphatic carbocycles. The molecule has 0 bridgehead atoms. The average Bonchev–Trinajstić information content (AvgIpc) is 2.93. The number of sulfonamides is 1. The Balaban J connectivity index is 1.92. The highest BCUT2D eigenvalue weighted by molar-refractivity contribution is 7.92. The molecular weight excluding hydrogens is 321 g/mol. The third-order valence-electron chi connectivity index (χ3n) is 3.76. The number of benzene rings is 1. The highest BCUT2D eigenvalue weighted by atomic mass is 32.2. The molecule has 1 amide bonds. The minimum absolute atomic E-state index is 0.0111. The summed E-state index contributed by atoms with van der Waals surface area (Å²) in [6, 6.07) is 6.55. The molecule has 2 heterocycles. The molecule has 3 rings (SSSR count). The van der Waals surface area contributed by atoms with Gasteiger partial charge in [-0.05, 0) is 31.2 Å². The molecule has 122 valence electrons. The molecule has 1 aromatic heterocycles. The van der Waals surface area contributed by atoms with Crippen molar-refractivity contribution in [3.05, 3.63) is 48.0 Å². The normalized spacial score (nSPS) is 14.7. The molecule has 0 fully saturated rings. The van der Waals surface area contributed by atoms with Crippen LogP contribution < -0.4 is 4.72 Å². The lowest BCUT2D eigenvalue weighted by molar-refractivity contribution is 0.0715. The first-order valence-electron chi connectivity index (χ1n) is 7.18. The molecule has 6 nitrogen and oxygen atoms in total. The third-order valence-corrected chi connectivity index (χ3v) is 5.11. The molecule has 1 aliphatic heterocycles. The van der Waals surface area contributed by atoms with Crippen LogP contribution in [0.4, 0.5) is 10.1 Å². The van der Waals surface area contributed by atoms with E-state index in [9.17, 15) is 17.6 Å². The smallest absolute Gasteiger partial charge is 0.270 e. The topological polar surface area (TPSA) is 71.4 Å². The Morgan fingerprint density at radius 2 is 2.04 bits per heavy atom. The summed E-state index contributed by atoms with van der Waals surface area (Å²) in [5.41, 5.74) is 0.480. The molecule has 8 heteroatoms. The van der Waals surface area contributed by atoms with Gasteiger partial charge in [-0.2, -0.15) is 0 Å². The van der Waals surface area contributed by atoms with E-state index >= 15 is 0 Å². The maximum absolute atomic E-state index is 13.2. The van der Waals surface area contributed by atoms with Crippen LogP contribution in [0.5, 0.6) is 0 Å². The summed E-state index contributed by atoms with van der Waals surface area (Å²) in [6.07, 6.45) is 1.43. The number of carbonyl (C=O) groups is 1. The van der Waals surface area contributed by atoms with Gasteiger partial charge in [-0.3, -0.25) is 9.52 Å². The zero-order valence-electron chi connectivity index (χ0n) is 12.5. The predicted molar refractivity (Wildman–Crippen MR) is 83.2 cm³/mol. The highest BCUT2D eigenvalue weighted by Crippen LogP contribution is 2.22. The maximum Gasteiger partial charge on any atom is 0.270 e. The van der Waals surface area contributed by atoms with E-state index in [1.165, 1.54) is 30.5 Å². The lowest BCUT2D eigenvalue weighted by atomic mass is 10.3. The third kappa shape index (κ3) is 2.94. The summed E-state index contributed by atoms with van der Waals surface area (Å²) in [7, 11) is -3.88. The number of nitrogens with zero attached hydrogens (tertiary/aromatic N) is 2. The Hall–Kier alpha value is -2.35. The molecule has 0 spiro atoms. The SMILES string of the molecule is CCN1CCn2cc(S(=O)(=O)Nc3cccc(F)c3)cc2C1=O. The molecular formula is C15H16FN3O3S. The van der Waals surface area contributed by atoms with E-state index in [1.807, 2.05) is 6.92 Å². The van der Waals surface area contributed by atoms with Crippen molar-refractivity contribution >= 4 is 21.6 Å². The summed E-state index contributed by atoms with van der Waals surface area (Å²) in [6.45, 7) is 3.55. The first-order valence-corrected chi connectivity index (χ1v) is 8.67. The second-order valence-corrected chi connectivity index (χ2v) is 6.94. The zero-order chi connectivity index (χ0) is 16.6. The van der Waals surface area contributed by atoms with Gasteiger partial charge in [0.2, 0.25) is 0 Å². The average molecular weight is 337 g/mol. The van der Waals surface area contributed by atoms with Crippen molar-refractivity contribution < 1.29 is 17.6 Å². The second-order valence-electron chi connectivity index (χ2n) is 5.26. The molecule has 1 aromatic carbocycles. The first-order chi connectivity index (χ1) is 10.9. The van der Waals surface area contributed by atoms with Gasteiger partial charge in [0.05, 0.1) is 5.69 Å². The summed E-state index contributed by atoms with van der Waals surface area (Å²) < 4.78 is 42.0. The monoisotopic (exact) mass is 337 g/mol. The molecule has 0 radical (unpaired) electrons. The van der Waals surface area contributed by atoms with Crippen LogP contribution in [0.15, 0.2) is 41.4 Å². The van der Waals surface area contributed by atoms with Crippen molar-refractivity contribution in [2.75, 3.05) is 17.8 Å². The van der Waals surface area contributed by atoms with Crippen LogP contribution in [-0.2, 0) is 16.6 Å². The molecule has 1 aliphatic rings. The van der Waals surface area contributed by atoms with Gasteiger partial charge in [0.25, 0.3) is 15.9 Å². The molecule has 0 unspecified atom stereocenters. The zero-order valence-corrected chi connectivity index (χ0v) is 13.3. The van der Waals surface area contributed by atoms with E-state index < -0.39 is 15.8 Å². The number of hydrogen-bond acceptors (Lipinski definition) is 3. The van der Waals surface area contributed by atoms with E-state index in [2.05, 4.69) is 4.72 Å². The van der Waals surface area contributed by atoms with E-state index in [1.54, 1.807) is 9.47 Å². The fourth-order valence-electron chi connectivity index (χ4n) is 2.55. The largest absolute Gasteiger partial charge is 0.340 e. The number of carbonyl (C=O) groups excluding carboxylic acids is 1. The number of fused-ring (bicyclic) bond motifs is 1. The lowest BCUT2D eigenvalue weighted by Crippen LogP contribution is -2.39. The lowest BCUT2D eigenvalue weighted by Gasteiger charge is -2.26. The van der Waals surface area contributed by atoms with Gasteiger partial charge in [-0.1, -0.05) is 6.07 Å². The number of hydrogen-bond donors (Lipinski definition) is 1. The van der Waals surface area contributed by atoms with Gasteiger partial charge in [0.15, 0.2) is 0 Å². The number of halogens is 1. The minimum Gasteiger partial charge on any atom is -0.340 e. The molecule has 2 aromatic rings. The summed E-state index contributed by atoms with van der Waals surface area (Å²) in [4.78, 5) is 13.9. The van der Waals surface area contributed by atoms with Crippen LogP contribution in [0.25, 0.3) is 0 Å². The number of nitrogens with one attached hydrogen (secondary N) is 1. The minimum atomic E-state index is -3.88. The van der Waals surface area contributed by atoms with Crippen molar-refractivity contribution in [2.24, 2.45) is 0 Å². The number of amides is 1. The van der Waals surface area contributed by atoms with Crippen LogP contribution in [0.2, 0.25) is 0 Å². The Bertz CT molecular complexity index is 861. The van der Waals surface area contributed by atoms with Gasteiger partial charge in [0.1, 0.15) is 16.4 Å². The van der Waals surface area contributed by atoms with E-state index in [0.717, 1.165) is 6.07 Å². The van der Waals surface area contributed by atoms with Gasteiger partial charge < -0.3 is 9.47 Å². The second kappa shape index (κ2) is 5.69. The van der Waals surface area contributed by atoms with E-state index in [-0.39, 0.29) is 16.5 Å². The molecule has 0 atom stereocenters. The standard InChI is InChI=1S/C15H16FN3O3S/c1-2-18-6-7-19-10-13(9-14(19)15(18)20)23(21,22)17-12-5-3-4-11(16)8-12/h3-5,8-10,17H,2,6-7H2,1H3. The Morgan fingerprint density at radius 3 is 2.74 bits per heavy atom. The number of rotatable bonds is 4. The van der Waals surface area contributed by atoms with E-state index in [0.29, 0.717) is 25.3 Å². The van der Waals surface area contributed by atoms with Gasteiger partial charge in [0, 0.05) is 25.8 Å². The summed E-state index contributed by atoms with van der Waals surface area (Å²) >= 11 is 0. The molecule has 0 saturated heterocycles.